The molecule has 0 aliphatic heterocycles. The van der Waals surface area contributed by atoms with Crippen LogP contribution in [0, 0.1) is 0 Å². The zero-order valence-corrected chi connectivity index (χ0v) is 11.0. The van der Waals surface area contributed by atoms with Gasteiger partial charge >= 0.3 is 0 Å². The summed E-state index contributed by atoms with van der Waals surface area (Å²) in [7, 11) is 0. The van der Waals surface area contributed by atoms with Crippen molar-refractivity contribution in [1.82, 2.24) is 9.97 Å². The van der Waals surface area contributed by atoms with E-state index in [1.165, 1.54) is 6.33 Å². The topological polar surface area (TPSA) is 25.8 Å². The highest BCUT2D eigenvalue weighted by molar-refractivity contribution is 6.31. The highest BCUT2D eigenvalue weighted by Gasteiger charge is 2.11. The maximum Gasteiger partial charge on any atom is 0.136 e. The van der Waals surface area contributed by atoms with E-state index < -0.39 is 0 Å². The number of rotatable bonds is 3. The Kier molecular flexibility index (Phi) is 3.97. The van der Waals surface area contributed by atoms with Gasteiger partial charge in [0.1, 0.15) is 11.5 Å². The zero-order chi connectivity index (χ0) is 12.3. The van der Waals surface area contributed by atoms with Crippen molar-refractivity contribution in [3.8, 4) is 11.3 Å². The van der Waals surface area contributed by atoms with Crippen LogP contribution in [0.2, 0.25) is 10.2 Å². The van der Waals surface area contributed by atoms with Gasteiger partial charge in [-0.25, -0.2) is 9.97 Å². The SMILES string of the molecule is CCCc1c(Cl)ncnc1-c1cccc(Cl)c1. The van der Waals surface area contributed by atoms with E-state index in [0.29, 0.717) is 10.2 Å². The summed E-state index contributed by atoms with van der Waals surface area (Å²) in [4.78, 5) is 8.34. The minimum absolute atomic E-state index is 0.525. The van der Waals surface area contributed by atoms with Crippen molar-refractivity contribution in [2.75, 3.05) is 0 Å². The van der Waals surface area contributed by atoms with Gasteiger partial charge in [0.15, 0.2) is 0 Å². The van der Waals surface area contributed by atoms with Crippen LogP contribution in [-0.4, -0.2) is 9.97 Å². The van der Waals surface area contributed by atoms with Gasteiger partial charge in [-0.05, 0) is 18.6 Å². The van der Waals surface area contributed by atoms with Gasteiger partial charge in [-0.2, -0.15) is 0 Å². The Balaban J connectivity index is 2.54. The molecule has 17 heavy (non-hydrogen) atoms. The first-order chi connectivity index (χ1) is 8.22. The molecule has 0 amide bonds. The highest BCUT2D eigenvalue weighted by Crippen LogP contribution is 2.28. The Bertz CT molecular complexity index is 527. The van der Waals surface area contributed by atoms with Crippen molar-refractivity contribution < 1.29 is 0 Å². The first-order valence-corrected chi connectivity index (χ1v) is 6.23. The van der Waals surface area contributed by atoms with Crippen LogP contribution >= 0.6 is 23.2 Å². The van der Waals surface area contributed by atoms with Crippen molar-refractivity contribution in [1.29, 1.82) is 0 Å². The second-order valence-corrected chi connectivity index (χ2v) is 4.55. The predicted molar refractivity (Wildman–Crippen MR) is 71.5 cm³/mol. The molecule has 0 aliphatic carbocycles. The smallest absolute Gasteiger partial charge is 0.136 e. The van der Waals surface area contributed by atoms with E-state index in [9.17, 15) is 0 Å². The Morgan fingerprint density at radius 3 is 2.71 bits per heavy atom. The normalized spacial score (nSPS) is 10.5. The van der Waals surface area contributed by atoms with Gasteiger partial charge in [0.05, 0.1) is 5.69 Å². The van der Waals surface area contributed by atoms with Crippen LogP contribution in [0.1, 0.15) is 18.9 Å². The molecule has 2 nitrogen and oxygen atoms in total. The molecule has 4 heteroatoms. The predicted octanol–water partition coefficient (Wildman–Crippen LogP) is 4.40. The van der Waals surface area contributed by atoms with Crippen LogP contribution < -0.4 is 0 Å². The van der Waals surface area contributed by atoms with Gasteiger partial charge in [-0.3, -0.25) is 0 Å². The molecule has 88 valence electrons. The first kappa shape index (κ1) is 12.3. The lowest BCUT2D eigenvalue weighted by molar-refractivity contribution is 0.904. The summed E-state index contributed by atoms with van der Waals surface area (Å²) in [5.74, 6) is 0. The van der Waals surface area contributed by atoms with Gasteiger partial charge in [-0.1, -0.05) is 48.7 Å². The van der Waals surface area contributed by atoms with Crippen LogP contribution in [0.15, 0.2) is 30.6 Å². The fourth-order valence-electron chi connectivity index (χ4n) is 1.75. The minimum Gasteiger partial charge on any atom is -0.236 e. The lowest BCUT2D eigenvalue weighted by Gasteiger charge is -2.09. The number of hydrogen-bond donors (Lipinski definition) is 0. The molecule has 0 fully saturated rings. The second kappa shape index (κ2) is 5.48. The van der Waals surface area contributed by atoms with Crippen LogP contribution in [0.3, 0.4) is 0 Å². The van der Waals surface area contributed by atoms with Crippen molar-refractivity contribution in [2.24, 2.45) is 0 Å². The maximum atomic E-state index is 6.11. The third kappa shape index (κ3) is 2.76. The summed E-state index contributed by atoms with van der Waals surface area (Å²) < 4.78 is 0. The monoisotopic (exact) mass is 266 g/mol. The fraction of sp³-hybridized carbons (Fsp3) is 0.231. The third-order valence-electron chi connectivity index (χ3n) is 2.49. The minimum atomic E-state index is 0.525. The molecular formula is C13H12Cl2N2. The highest BCUT2D eigenvalue weighted by atomic mass is 35.5. The molecule has 1 aromatic carbocycles. The molecule has 0 atom stereocenters. The number of aromatic nitrogens is 2. The molecule has 1 heterocycles. The van der Waals surface area contributed by atoms with E-state index in [4.69, 9.17) is 23.2 Å². The molecule has 0 N–H and O–H groups in total. The van der Waals surface area contributed by atoms with E-state index in [2.05, 4.69) is 16.9 Å². The summed E-state index contributed by atoms with van der Waals surface area (Å²) in [6, 6.07) is 7.61. The number of hydrogen-bond acceptors (Lipinski definition) is 2. The Labute approximate surface area is 111 Å². The largest absolute Gasteiger partial charge is 0.236 e. The van der Waals surface area contributed by atoms with Crippen molar-refractivity contribution in [2.45, 2.75) is 19.8 Å². The van der Waals surface area contributed by atoms with Gasteiger partial charge in [0.25, 0.3) is 0 Å². The molecule has 0 saturated carbocycles. The third-order valence-corrected chi connectivity index (χ3v) is 3.05. The Hall–Kier alpha value is -1.12. The Morgan fingerprint density at radius 1 is 1.18 bits per heavy atom. The van der Waals surface area contributed by atoms with Crippen LogP contribution in [0.5, 0.6) is 0 Å². The van der Waals surface area contributed by atoms with E-state index in [1.54, 1.807) is 0 Å². The van der Waals surface area contributed by atoms with Crippen LogP contribution in [0.25, 0.3) is 11.3 Å². The number of halogens is 2. The molecule has 0 bridgehead atoms. The van der Waals surface area contributed by atoms with Crippen molar-refractivity contribution in [3.63, 3.8) is 0 Å². The van der Waals surface area contributed by atoms with Crippen molar-refractivity contribution >= 4 is 23.2 Å². The van der Waals surface area contributed by atoms with E-state index in [-0.39, 0.29) is 0 Å². The lowest BCUT2D eigenvalue weighted by atomic mass is 10.0. The maximum absolute atomic E-state index is 6.11. The molecule has 0 aliphatic rings. The molecular weight excluding hydrogens is 255 g/mol. The zero-order valence-electron chi connectivity index (χ0n) is 9.45. The van der Waals surface area contributed by atoms with E-state index >= 15 is 0 Å². The summed E-state index contributed by atoms with van der Waals surface area (Å²) in [6.07, 6.45) is 3.35. The molecule has 2 rings (SSSR count). The van der Waals surface area contributed by atoms with Gasteiger partial charge < -0.3 is 0 Å². The average Bonchev–Trinajstić information content (AvgIpc) is 2.32. The van der Waals surface area contributed by atoms with Crippen LogP contribution in [0.4, 0.5) is 0 Å². The Morgan fingerprint density at radius 2 is 2.00 bits per heavy atom. The quantitative estimate of drug-likeness (QED) is 0.770. The second-order valence-electron chi connectivity index (χ2n) is 3.75. The summed E-state index contributed by atoms with van der Waals surface area (Å²) in [5.41, 5.74) is 2.83. The fourth-order valence-corrected chi connectivity index (χ4v) is 2.16. The molecule has 0 unspecified atom stereocenters. The van der Waals surface area contributed by atoms with Crippen molar-refractivity contribution in [3.05, 3.63) is 46.3 Å². The summed E-state index contributed by atoms with van der Waals surface area (Å²) in [5, 5.41) is 1.22. The van der Waals surface area contributed by atoms with E-state index in [1.807, 2.05) is 24.3 Å². The standard InChI is InChI=1S/C13H12Cl2N2/c1-2-4-11-12(16-8-17-13(11)15)9-5-3-6-10(14)7-9/h3,5-8H,2,4H2,1H3. The number of benzene rings is 1. The van der Waals surface area contributed by atoms with Crippen LogP contribution in [-0.2, 0) is 6.42 Å². The van der Waals surface area contributed by atoms with Gasteiger partial charge in [0.2, 0.25) is 0 Å². The number of nitrogens with zero attached hydrogens (tertiary/aromatic N) is 2. The lowest BCUT2D eigenvalue weighted by Crippen LogP contribution is -1.96. The van der Waals surface area contributed by atoms with Gasteiger partial charge in [0, 0.05) is 16.1 Å². The molecule has 0 saturated heterocycles. The first-order valence-electron chi connectivity index (χ1n) is 5.47. The molecule has 0 spiro atoms. The average molecular weight is 267 g/mol. The molecule has 0 radical (unpaired) electrons. The van der Waals surface area contributed by atoms with E-state index in [0.717, 1.165) is 29.7 Å². The molecule has 2 aromatic rings. The van der Waals surface area contributed by atoms with Gasteiger partial charge in [-0.15, -0.1) is 0 Å². The summed E-state index contributed by atoms with van der Waals surface area (Å²) in [6.45, 7) is 2.10. The molecule has 1 aromatic heterocycles. The summed E-state index contributed by atoms with van der Waals surface area (Å²) >= 11 is 12.1.